The van der Waals surface area contributed by atoms with Gasteiger partial charge in [-0.3, -0.25) is 0 Å². The molecular weight excluding hydrogens is 235 g/mol. The van der Waals surface area contributed by atoms with Crippen molar-refractivity contribution in [3.8, 4) is 5.75 Å². The summed E-state index contributed by atoms with van der Waals surface area (Å²) < 4.78 is 23.9. The summed E-state index contributed by atoms with van der Waals surface area (Å²) in [6.07, 6.45) is 2.64. The predicted octanol–water partition coefficient (Wildman–Crippen LogP) is 3.28. The first-order chi connectivity index (χ1) is 8.67. The van der Waals surface area contributed by atoms with Gasteiger partial charge in [-0.1, -0.05) is 19.4 Å². The minimum absolute atomic E-state index is 0.0467. The average Bonchev–Trinajstić information content (AvgIpc) is 2.36. The number of unbranched alkanes of at least 4 members (excludes halogenated alkanes) is 1. The van der Waals surface area contributed by atoms with Gasteiger partial charge in [0.25, 0.3) is 0 Å². The van der Waals surface area contributed by atoms with Crippen LogP contribution in [0.4, 0.5) is 4.39 Å². The maximum atomic E-state index is 13.9. The minimum Gasteiger partial charge on any atom is -0.494 e. The Morgan fingerprint density at radius 3 is 2.83 bits per heavy atom. The van der Waals surface area contributed by atoms with E-state index in [2.05, 4.69) is 6.92 Å². The number of aryl methyl sites for hydroxylation is 1. The summed E-state index contributed by atoms with van der Waals surface area (Å²) in [4.78, 5) is 11.8. The van der Waals surface area contributed by atoms with E-state index in [1.807, 2.05) is 0 Å². The van der Waals surface area contributed by atoms with Crippen LogP contribution in [0.2, 0.25) is 0 Å². The highest BCUT2D eigenvalue weighted by atomic mass is 19.1. The van der Waals surface area contributed by atoms with Crippen molar-refractivity contribution in [3.63, 3.8) is 0 Å². The van der Waals surface area contributed by atoms with Crippen LogP contribution < -0.4 is 10.4 Å². The van der Waals surface area contributed by atoms with Gasteiger partial charge in [0.2, 0.25) is 0 Å². The molecule has 0 fully saturated rings. The molecular formula is C14H15FO3. The highest BCUT2D eigenvalue weighted by molar-refractivity contribution is 5.83. The summed E-state index contributed by atoms with van der Waals surface area (Å²) in [5.74, 6) is -0.0131. The lowest BCUT2D eigenvalue weighted by Crippen LogP contribution is -2.05. The molecule has 1 aromatic carbocycles. The number of hydrogen-bond acceptors (Lipinski definition) is 3. The van der Waals surface area contributed by atoms with Crippen molar-refractivity contribution in [2.75, 3.05) is 7.11 Å². The fraction of sp³-hybridized carbons (Fsp3) is 0.357. The Morgan fingerprint density at radius 1 is 1.39 bits per heavy atom. The third-order valence-corrected chi connectivity index (χ3v) is 2.88. The zero-order valence-corrected chi connectivity index (χ0v) is 10.5. The summed E-state index contributed by atoms with van der Waals surface area (Å²) in [5, 5.41) is 0.505. The monoisotopic (exact) mass is 250 g/mol. The molecule has 0 atom stereocenters. The molecule has 2 rings (SSSR count). The molecule has 1 heterocycles. The van der Waals surface area contributed by atoms with Crippen molar-refractivity contribution < 1.29 is 13.5 Å². The van der Waals surface area contributed by atoms with Gasteiger partial charge < -0.3 is 9.15 Å². The van der Waals surface area contributed by atoms with Gasteiger partial charge in [0.15, 0.2) is 11.6 Å². The lowest BCUT2D eigenvalue weighted by Gasteiger charge is -2.05. The van der Waals surface area contributed by atoms with E-state index in [-0.39, 0.29) is 11.1 Å². The third-order valence-electron chi connectivity index (χ3n) is 2.88. The number of hydrogen-bond donors (Lipinski definition) is 0. The van der Waals surface area contributed by atoms with Crippen molar-refractivity contribution in [2.45, 2.75) is 26.2 Å². The van der Waals surface area contributed by atoms with Crippen molar-refractivity contribution in [2.24, 2.45) is 0 Å². The third kappa shape index (κ3) is 2.23. The van der Waals surface area contributed by atoms with Crippen LogP contribution >= 0.6 is 0 Å². The highest BCUT2D eigenvalue weighted by Crippen LogP contribution is 2.24. The van der Waals surface area contributed by atoms with Crippen LogP contribution in [-0.2, 0) is 6.42 Å². The molecule has 4 heteroatoms. The number of methoxy groups -OCH3 is 1. The van der Waals surface area contributed by atoms with E-state index in [4.69, 9.17) is 9.15 Å². The first kappa shape index (κ1) is 12.6. The van der Waals surface area contributed by atoms with Crippen molar-refractivity contribution >= 4 is 10.8 Å². The van der Waals surface area contributed by atoms with Crippen LogP contribution in [0.15, 0.2) is 27.4 Å². The Balaban J connectivity index is 2.58. The second-order valence-corrected chi connectivity index (χ2v) is 4.15. The highest BCUT2D eigenvalue weighted by Gasteiger charge is 2.13. The van der Waals surface area contributed by atoms with Gasteiger partial charge in [-0.05, 0) is 23.9 Å². The molecule has 0 N–H and O–H groups in total. The number of benzene rings is 1. The van der Waals surface area contributed by atoms with E-state index >= 15 is 0 Å². The summed E-state index contributed by atoms with van der Waals surface area (Å²) >= 11 is 0. The Bertz CT molecular complexity index is 616. The van der Waals surface area contributed by atoms with E-state index in [1.165, 1.54) is 13.2 Å². The number of rotatable bonds is 4. The van der Waals surface area contributed by atoms with Crippen molar-refractivity contribution in [1.29, 1.82) is 0 Å². The van der Waals surface area contributed by atoms with Crippen LogP contribution in [-0.4, -0.2) is 7.11 Å². The van der Waals surface area contributed by atoms with Gasteiger partial charge in [-0.2, -0.15) is 0 Å². The maximum absolute atomic E-state index is 13.9. The molecule has 3 nitrogen and oxygen atoms in total. The van der Waals surface area contributed by atoms with Crippen LogP contribution in [0.3, 0.4) is 0 Å². The summed E-state index contributed by atoms with van der Waals surface area (Å²) in [6, 6.07) is 4.90. The van der Waals surface area contributed by atoms with E-state index in [0.717, 1.165) is 12.8 Å². The maximum Gasteiger partial charge on any atom is 0.346 e. The zero-order chi connectivity index (χ0) is 13.1. The van der Waals surface area contributed by atoms with Crippen LogP contribution in [0.5, 0.6) is 5.75 Å². The molecule has 0 saturated carbocycles. The molecule has 0 spiro atoms. The van der Waals surface area contributed by atoms with E-state index in [9.17, 15) is 9.18 Å². The Labute approximate surface area is 104 Å². The molecule has 0 amide bonds. The fourth-order valence-electron chi connectivity index (χ4n) is 1.90. The number of halogens is 1. The summed E-state index contributed by atoms with van der Waals surface area (Å²) in [7, 11) is 1.36. The SMILES string of the molecule is CCCCc1cc2ccc(OC)c(F)c2c(=O)o1. The lowest BCUT2D eigenvalue weighted by molar-refractivity contribution is 0.387. The first-order valence-corrected chi connectivity index (χ1v) is 5.96. The largest absolute Gasteiger partial charge is 0.494 e. The molecule has 0 radical (unpaired) electrons. The van der Waals surface area contributed by atoms with Gasteiger partial charge in [-0.15, -0.1) is 0 Å². The van der Waals surface area contributed by atoms with Crippen molar-refractivity contribution in [3.05, 3.63) is 40.2 Å². The molecule has 0 aliphatic rings. The van der Waals surface area contributed by atoms with Crippen LogP contribution in [0.1, 0.15) is 25.5 Å². The molecule has 18 heavy (non-hydrogen) atoms. The van der Waals surface area contributed by atoms with E-state index < -0.39 is 11.4 Å². The van der Waals surface area contributed by atoms with Gasteiger partial charge in [0.1, 0.15) is 11.1 Å². The second kappa shape index (κ2) is 5.21. The fourth-order valence-corrected chi connectivity index (χ4v) is 1.90. The van der Waals surface area contributed by atoms with Crippen molar-refractivity contribution in [1.82, 2.24) is 0 Å². The Morgan fingerprint density at radius 2 is 2.17 bits per heavy atom. The Kier molecular flexibility index (Phi) is 3.65. The van der Waals surface area contributed by atoms with E-state index in [1.54, 1.807) is 12.1 Å². The number of fused-ring (bicyclic) bond motifs is 1. The summed E-state index contributed by atoms with van der Waals surface area (Å²) in [5.41, 5.74) is -0.644. The summed E-state index contributed by atoms with van der Waals surface area (Å²) in [6.45, 7) is 2.06. The first-order valence-electron chi connectivity index (χ1n) is 5.96. The molecule has 0 aliphatic heterocycles. The van der Waals surface area contributed by atoms with Crippen LogP contribution in [0, 0.1) is 5.82 Å². The molecule has 0 bridgehead atoms. The van der Waals surface area contributed by atoms with Gasteiger partial charge >= 0.3 is 5.63 Å². The minimum atomic E-state index is -0.661. The normalized spacial score (nSPS) is 10.8. The number of ether oxygens (including phenoxy) is 1. The lowest BCUT2D eigenvalue weighted by atomic mass is 10.1. The smallest absolute Gasteiger partial charge is 0.346 e. The zero-order valence-electron chi connectivity index (χ0n) is 10.5. The molecule has 0 saturated heterocycles. The topological polar surface area (TPSA) is 39.4 Å². The molecule has 1 aromatic heterocycles. The Hall–Kier alpha value is -1.84. The predicted molar refractivity (Wildman–Crippen MR) is 67.6 cm³/mol. The van der Waals surface area contributed by atoms with Gasteiger partial charge in [0.05, 0.1) is 7.11 Å². The average molecular weight is 250 g/mol. The molecule has 0 aliphatic carbocycles. The second-order valence-electron chi connectivity index (χ2n) is 4.15. The van der Waals surface area contributed by atoms with E-state index in [0.29, 0.717) is 17.6 Å². The standard InChI is InChI=1S/C14H15FO3/c1-3-4-5-10-8-9-6-7-11(17-2)13(15)12(9)14(16)18-10/h6-8H,3-5H2,1-2H3. The van der Waals surface area contributed by atoms with Gasteiger partial charge in [-0.25, -0.2) is 9.18 Å². The van der Waals surface area contributed by atoms with Gasteiger partial charge in [0, 0.05) is 6.42 Å². The molecule has 96 valence electrons. The quantitative estimate of drug-likeness (QED) is 0.835. The molecule has 2 aromatic rings. The van der Waals surface area contributed by atoms with Crippen LogP contribution in [0.25, 0.3) is 10.8 Å². The molecule has 0 unspecified atom stereocenters.